The monoisotopic (exact) mass is 313 g/mol. The van der Waals surface area contributed by atoms with Crippen molar-refractivity contribution in [2.45, 2.75) is 19.8 Å². The zero-order valence-corrected chi connectivity index (χ0v) is 12.7. The van der Waals surface area contributed by atoms with Crippen LogP contribution >= 0.6 is 0 Å². The van der Waals surface area contributed by atoms with Gasteiger partial charge in [0.2, 0.25) is 5.78 Å². The number of rotatable bonds is 6. The normalized spacial score (nSPS) is 10.9. The number of aromatic nitrogens is 3. The third kappa shape index (κ3) is 2.92. The highest BCUT2D eigenvalue weighted by molar-refractivity contribution is 6.12. The van der Waals surface area contributed by atoms with Crippen molar-refractivity contribution in [2.24, 2.45) is 0 Å². The van der Waals surface area contributed by atoms with Crippen LogP contribution in [0.1, 0.15) is 35.7 Å². The van der Waals surface area contributed by atoms with Crippen molar-refractivity contribution in [1.82, 2.24) is 15.2 Å². The molecule has 0 saturated carbocycles. The van der Waals surface area contributed by atoms with Gasteiger partial charge >= 0.3 is 0 Å². The number of aromatic amines is 1. The standard InChI is InChI=1S/C17H16FN3O2/c1-2-3-8-23-16-12(9-19-17-13(16)10-20-21-17)15(22)11-6-4-5-7-14(11)18/h4-7,9-10H,2-3,8H2,1H3,(H,19,20,21). The molecule has 6 heteroatoms. The molecule has 0 aliphatic rings. The molecule has 3 aromatic rings. The topological polar surface area (TPSA) is 67.9 Å². The largest absolute Gasteiger partial charge is 0.492 e. The van der Waals surface area contributed by atoms with E-state index in [-0.39, 0.29) is 11.1 Å². The molecule has 1 N–H and O–H groups in total. The van der Waals surface area contributed by atoms with E-state index in [1.807, 2.05) is 0 Å². The maximum absolute atomic E-state index is 13.9. The van der Waals surface area contributed by atoms with E-state index in [9.17, 15) is 9.18 Å². The Kier molecular flexibility index (Phi) is 4.32. The second-order valence-electron chi connectivity index (χ2n) is 5.14. The van der Waals surface area contributed by atoms with Crippen LogP contribution in [0.4, 0.5) is 4.39 Å². The summed E-state index contributed by atoms with van der Waals surface area (Å²) in [6, 6.07) is 5.88. The lowest BCUT2D eigenvalue weighted by atomic mass is 10.0. The van der Waals surface area contributed by atoms with Crippen LogP contribution in [-0.2, 0) is 0 Å². The molecule has 5 nitrogen and oxygen atoms in total. The van der Waals surface area contributed by atoms with Crippen molar-refractivity contribution in [3.05, 3.63) is 53.6 Å². The van der Waals surface area contributed by atoms with E-state index in [1.165, 1.54) is 18.3 Å². The molecule has 118 valence electrons. The van der Waals surface area contributed by atoms with E-state index in [0.717, 1.165) is 12.8 Å². The van der Waals surface area contributed by atoms with Crippen molar-refractivity contribution < 1.29 is 13.9 Å². The van der Waals surface area contributed by atoms with Gasteiger partial charge in [-0.2, -0.15) is 5.10 Å². The average Bonchev–Trinajstić information content (AvgIpc) is 3.04. The number of ether oxygens (including phenoxy) is 1. The van der Waals surface area contributed by atoms with E-state index < -0.39 is 11.6 Å². The van der Waals surface area contributed by atoms with Gasteiger partial charge in [-0.3, -0.25) is 9.89 Å². The molecule has 2 aromatic heterocycles. The van der Waals surface area contributed by atoms with Crippen molar-refractivity contribution >= 4 is 16.8 Å². The fourth-order valence-electron chi connectivity index (χ4n) is 2.30. The molecule has 0 atom stereocenters. The predicted molar refractivity (Wildman–Crippen MR) is 84.1 cm³/mol. The lowest BCUT2D eigenvalue weighted by molar-refractivity contribution is 0.103. The van der Waals surface area contributed by atoms with Gasteiger partial charge in [0.15, 0.2) is 5.65 Å². The summed E-state index contributed by atoms with van der Waals surface area (Å²) in [6.45, 7) is 2.52. The number of fused-ring (bicyclic) bond motifs is 1. The second-order valence-corrected chi connectivity index (χ2v) is 5.14. The average molecular weight is 313 g/mol. The smallest absolute Gasteiger partial charge is 0.201 e. The molecule has 0 saturated heterocycles. The third-order valence-electron chi connectivity index (χ3n) is 3.54. The quantitative estimate of drug-likeness (QED) is 0.558. The van der Waals surface area contributed by atoms with Gasteiger partial charge in [0.05, 0.1) is 29.3 Å². The fourth-order valence-corrected chi connectivity index (χ4v) is 2.30. The number of carbonyl (C=O) groups is 1. The number of nitrogens with zero attached hydrogens (tertiary/aromatic N) is 2. The Bertz CT molecular complexity index is 845. The first-order chi connectivity index (χ1) is 11.2. The maximum Gasteiger partial charge on any atom is 0.201 e. The third-order valence-corrected chi connectivity index (χ3v) is 3.54. The molecule has 1 aromatic carbocycles. The second kappa shape index (κ2) is 6.56. The summed E-state index contributed by atoms with van der Waals surface area (Å²) in [7, 11) is 0. The number of halogens is 1. The molecule has 2 heterocycles. The number of pyridine rings is 1. The molecular formula is C17H16FN3O2. The lowest BCUT2D eigenvalue weighted by Crippen LogP contribution is -2.09. The molecule has 0 unspecified atom stereocenters. The Labute approximate surface area is 132 Å². The number of nitrogens with one attached hydrogen (secondary N) is 1. The van der Waals surface area contributed by atoms with Gasteiger partial charge < -0.3 is 4.74 Å². The van der Waals surface area contributed by atoms with Crippen molar-refractivity contribution in [1.29, 1.82) is 0 Å². The number of ketones is 1. The SMILES string of the molecule is CCCCOc1c(C(=O)c2ccccc2F)cnc2[nH]ncc12. The van der Waals surface area contributed by atoms with Crippen LogP contribution in [0.3, 0.4) is 0 Å². The lowest BCUT2D eigenvalue weighted by Gasteiger charge is -2.11. The summed E-state index contributed by atoms with van der Waals surface area (Å²) in [6.07, 6.45) is 4.78. The minimum atomic E-state index is -0.565. The van der Waals surface area contributed by atoms with E-state index >= 15 is 0 Å². The van der Waals surface area contributed by atoms with Crippen molar-refractivity contribution in [2.75, 3.05) is 6.61 Å². The van der Waals surface area contributed by atoms with Gasteiger partial charge in [-0.1, -0.05) is 25.5 Å². The van der Waals surface area contributed by atoms with Gasteiger partial charge in [0, 0.05) is 6.20 Å². The first-order valence-corrected chi connectivity index (χ1v) is 7.46. The highest BCUT2D eigenvalue weighted by Gasteiger charge is 2.21. The van der Waals surface area contributed by atoms with Crippen LogP contribution in [0, 0.1) is 5.82 Å². The van der Waals surface area contributed by atoms with E-state index in [2.05, 4.69) is 22.1 Å². The molecular weight excluding hydrogens is 297 g/mol. The van der Waals surface area contributed by atoms with E-state index in [1.54, 1.807) is 18.3 Å². The summed E-state index contributed by atoms with van der Waals surface area (Å²) in [5.74, 6) is -0.625. The summed E-state index contributed by atoms with van der Waals surface area (Å²) in [5.41, 5.74) is 0.763. The zero-order chi connectivity index (χ0) is 16.2. The van der Waals surface area contributed by atoms with Crippen LogP contribution in [-0.4, -0.2) is 27.6 Å². The van der Waals surface area contributed by atoms with E-state index in [4.69, 9.17) is 4.74 Å². The van der Waals surface area contributed by atoms with Gasteiger partial charge in [-0.05, 0) is 18.6 Å². The van der Waals surface area contributed by atoms with Gasteiger partial charge in [0.1, 0.15) is 11.6 Å². The van der Waals surface area contributed by atoms with Crippen LogP contribution in [0.5, 0.6) is 5.75 Å². The first kappa shape index (κ1) is 15.1. The molecule has 23 heavy (non-hydrogen) atoms. The first-order valence-electron chi connectivity index (χ1n) is 7.46. The molecule has 0 amide bonds. The molecule has 0 fully saturated rings. The van der Waals surface area contributed by atoms with Gasteiger partial charge in [-0.25, -0.2) is 9.37 Å². The van der Waals surface area contributed by atoms with E-state index in [0.29, 0.717) is 23.4 Å². The number of benzene rings is 1. The zero-order valence-electron chi connectivity index (χ0n) is 12.7. The molecule has 0 spiro atoms. The number of unbranched alkanes of at least 4 members (excludes halogenated alkanes) is 1. The number of hydrogen-bond acceptors (Lipinski definition) is 4. The van der Waals surface area contributed by atoms with Crippen molar-refractivity contribution in [3.8, 4) is 5.75 Å². The van der Waals surface area contributed by atoms with Crippen molar-refractivity contribution in [3.63, 3.8) is 0 Å². The van der Waals surface area contributed by atoms with Gasteiger partial charge in [-0.15, -0.1) is 0 Å². The van der Waals surface area contributed by atoms with Crippen LogP contribution in [0.25, 0.3) is 11.0 Å². The Morgan fingerprint density at radius 1 is 1.26 bits per heavy atom. The number of H-pyrrole nitrogens is 1. The Hall–Kier alpha value is -2.76. The maximum atomic E-state index is 13.9. The highest BCUT2D eigenvalue weighted by Crippen LogP contribution is 2.29. The molecule has 3 rings (SSSR count). The Balaban J connectivity index is 2.07. The fraction of sp³-hybridized carbons (Fsp3) is 0.235. The molecule has 0 bridgehead atoms. The summed E-state index contributed by atoms with van der Waals surface area (Å²) in [4.78, 5) is 16.9. The summed E-state index contributed by atoms with van der Waals surface area (Å²) < 4.78 is 19.7. The Morgan fingerprint density at radius 2 is 2.09 bits per heavy atom. The number of carbonyl (C=O) groups excluding carboxylic acids is 1. The summed E-state index contributed by atoms with van der Waals surface area (Å²) >= 11 is 0. The molecule has 0 aliphatic carbocycles. The minimum Gasteiger partial charge on any atom is -0.492 e. The van der Waals surface area contributed by atoms with Crippen LogP contribution < -0.4 is 4.74 Å². The van der Waals surface area contributed by atoms with Crippen LogP contribution in [0.15, 0.2) is 36.7 Å². The predicted octanol–water partition coefficient (Wildman–Crippen LogP) is 3.51. The molecule has 0 aliphatic heterocycles. The Morgan fingerprint density at radius 3 is 2.87 bits per heavy atom. The van der Waals surface area contributed by atoms with Crippen LogP contribution in [0.2, 0.25) is 0 Å². The molecule has 0 radical (unpaired) electrons. The number of hydrogen-bond donors (Lipinski definition) is 1. The summed E-state index contributed by atoms with van der Waals surface area (Å²) in [5, 5.41) is 7.28. The highest BCUT2D eigenvalue weighted by atomic mass is 19.1. The minimum absolute atomic E-state index is 0.00233. The van der Waals surface area contributed by atoms with Gasteiger partial charge in [0.25, 0.3) is 0 Å².